The first-order valence-electron chi connectivity index (χ1n) is 6.67. The summed E-state index contributed by atoms with van der Waals surface area (Å²) in [5.74, 6) is -0.0819. The van der Waals surface area contributed by atoms with Gasteiger partial charge in [0, 0.05) is 31.6 Å². The first-order valence-corrected chi connectivity index (χ1v) is 6.67. The molecule has 0 unspecified atom stereocenters. The zero-order chi connectivity index (χ0) is 14.1. The lowest BCUT2D eigenvalue weighted by Crippen LogP contribution is -2.43. The summed E-state index contributed by atoms with van der Waals surface area (Å²) in [5, 5.41) is 5.98. The van der Waals surface area contributed by atoms with Crippen LogP contribution in [-0.4, -0.2) is 48.4 Å². The van der Waals surface area contributed by atoms with Crippen LogP contribution in [0.3, 0.4) is 0 Å². The number of likely N-dealkylation sites (N-methyl/N-ethyl adjacent to an activating group) is 1. The maximum Gasteiger partial charge on any atom is 0.239 e. The second-order valence-corrected chi connectivity index (χ2v) is 4.99. The monoisotopic (exact) mass is 257 g/mol. The van der Waals surface area contributed by atoms with Gasteiger partial charge in [-0.15, -0.1) is 0 Å². The molecule has 5 heteroatoms. The van der Waals surface area contributed by atoms with Gasteiger partial charge in [0.2, 0.25) is 11.8 Å². The van der Waals surface area contributed by atoms with Crippen molar-refractivity contribution >= 4 is 11.8 Å². The molecular formula is C13H27N3O2. The van der Waals surface area contributed by atoms with Gasteiger partial charge in [0.05, 0.1) is 6.54 Å². The molecule has 0 bridgehead atoms. The third-order valence-corrected chi connectivity index (χ3v) is 2.41. The van der Waals surface area contributed by atoms with Gasteiger partial charge < -0.3 is 15.5 Å². The number of hydrogen-bond acceptors (Lipinski definition) is 3. The number of amides is 2. The molecule has 18 heavy (non-hydrogen) atoms. The highest BCUT2D eigenvalue weighted by molar-refractivity contribution is 5.84. The standard InChI is InChI=1S/C13H27N3O2/c1-6-16(9-12(17)15-11(4)5)13(18)7-8-14-10(2)3/h10-11,14H,6-9H2,1-5H3,(H,15,17). The maximum atomic E-state index is 11.9. The molecule has 106 valence electrons. The molecule has 5 nitrogen and oxygen atoms in total. The molecule has 2 N–H and O–H groups in total. The first-order chi connectivity index (χ1) is 8.36. The molecule has 0 atom stereocenters. The minimum absolute atomic E-state index is 0.0181. The Kier molecular flexibility index (Phi) is 8.37. The zero-order valence-corrected chi connectivity index (χ0v) is 12.2. The van der Waals surface area contributed by atoms with E-state index in [4.69, 9.17) is 0 Å². The van der Waals surface area contributed by atoms with Gasteiger partial charge >= 0.3 is 0 Å². The van der Waals surface area contributed by atoms with E-state index in [1.165, 1.54) is 0 Å². The Morgan fingerprint density at radius 1 is 1.11 bits per heavy atom. The fourth-order valence-electron chi connectivity index (χ4n) is 1.54. The van der Waals surface area contributed by atoms with Crippen molar-refractivity contribution in [3.05, 3.63) is 0 Å². The fourth-order valence-corrected chi connectivity index (χ4v) is 1.54. The minimum atomic E-state index is -0.1000. The van der Waals surface area contributed by atoms with Crippen LogP contribution in [0.1, 0.15) is 41.0 Å². The molecule has 0 saturated carbocycles. The van der Waals surface area contributed by atoms with Gasteiger partial charge in [-0.1, -0.05) is 13.8 Å². The SMILES string of the molecule is CCN(CC(=O)NC(C)C)C(=O)CCNC(C)C. The first kappa shape index (κ1) is 16.9. The van der Waals surface area contributed by atoms with Crippen LogP contribution >= 0.6 is 0 Å². The van der Waals surface area contributed by atoms with Crippen LogP contribution in [0.4, 0.5) is 0 Å². The molecule has 0 aliphatic carbocycles. The Labute approximate surface area is 110 Å². The summed E-state index contributed by atoms with van der Waals surface area (Å²) in [6.45, 7) is 11.1. The minimum Gasteiger partial charge on any atom is -0.352 e. The number of nitrogens with zero attached hydrogens (tertiary/aromatic N) is 1. The van der Waals surface area contributed by atoms with Crippen LogP contribution < -0.4 is 10.6 Å². The Hall–Kier alpha value is -1.10. The number of carbonyl (C=O) groups excluding carboxylic acids is 2. The maximum absolute atomic E-state index is 11.9. The second-order valence-electron chi connectivity index (χ2n) is 4.99. The van der Waals surface area contributed by atoms with E-state index in [2.05, 4.69) is 10.6 Å². The average Bonchev–Trinajstić information content (AvgIpc) is 2.24. The van der Waals surface area contributed by atoms with E-state index >= 15 is 0 Å². The molecule has 0 aromatic rings. The lowest BCUT2D eigenvalue weighted by molar-refractivity contribution is -0.136. The second kappa shape index (κ2) is 8.91. The summed E-state index contributed by atoms with van der Waals surface area (Å²) < 4.78 is 0. The fraction of sp³-hybridized carbons (Fsp3) is 0.846. The van der Waals surface area contributed by atoms with E-state index in [9.17, 15) is 9.59 Å². The molecule has 0 spiro atoms. The Morgan fingerprint density at radius 3 is 2.17 bits per heavy atom. The predicted octanol–water partition coefficient (Wildman–Crippen LogP) is 0.748. The van der Waals surface area contributed by atoms with Crippen molar-refractivity contribution in [3.63, 3.8) is 0 Å². The van der Waals surface area contributed by atoms with Crippen LogP contribution in [0.2, 0.25) is 0 Å². The summed E-state index contributed by atoms with van der Waals surface area (Å²) in [5.41, 5.74) is 0. The van der Waals surface area contributed by atoms with E-state index in [1.807, 2.05) is 34.6 Å². The van der Waals surface area contributed by atoms with Crippen molar-refractivity contribution in [3.8, 4) is 0 Å². The summed E-state index contributed by atoms with van der Waals surface area (Å²) in [6, 6.07) is 0.478. The van der Waals surface area contributed by atoms with Gasteiger partial charge in [-0.05, 0) is 20.8 Å². The van der Waals surface area contributed by atoms with Crippen LogP contribution in [0.15, 0.2) is 0 Å². The number of rotatable bonds is 8. The normalized spacial score (nSPS) is 10.8. The summed E-state index contributed by atoms with van der Waals surface area (Å²) in [7, 11) is 0. The number of hydrogen-bond donors (Lipinski definition) is 2. The molecule has 0 rings (SSSR count). The Balaban J connectivity index is 4.07. The van der Waals surface area contributed by atoms with Gasteiger partial charge in [0.25, 0.3) is 0 Å². The Bertz CT molecular complexity index is 265. The van der Waals surface area contributed by atoms with Crippen molar-refractivity contribution in [1.29, 1.82) is 0 Å². The highest BCUT2D eigenvalue weighted by Gasteiger charge is 2.15. The predicted molar refractivity (Wildman–Crippen MR) is 73.3 cm³/mol. The molecule has 0 saturated heterocycles. The molecule has 0 aliphatic heterocycles. The summed E-state index contributed by atoms with van der Waals surface area (Å²) in [6.07, 6.45) is 0.432. The third-order valence-electron chi connectivity index (χ3n) is 2.41. The van der Waals surface area contributed by atoms with Gasteiger partial charge in [0.15, 0.2) is 0 Å². The van der Waals surface area contributed by atoms with E-state index in [-0.39, 0.29) is 24.4 Å². The van der Waals surface area contributed by atoms with E-state index < -0.39 is 0 Å². The molecule has 2 amide bonds. The Morgan fingerprint density at radius 2 is 1.72 bits per heavy atom. The molecule has 0 aromatic carbocycles. The average molecular weight is 257 g/mol. The topological polar surface area (TPSA) is 61.4 Å². The highest BCUT2D eigenvalue weighted by atomic mass is 16.2. The molecular weight excluding hydrogens is 230 g/mol. The molecule has 0 fully saturated rings. The quantitative estimate of drug-likeness (QED) is 0.674. The lowest BCUT2D eigenvalue weighted by Gasteiger charge is -2.21. The molecule has 0 radical (unpaired) electrons. The van der Waals surface area contributed by atoms with Crippen molar-refractivity contribution in [1.82, 2.24) is 15.5 Å². The molecule has 0 aromatic heterocycles. The lowest BCUT2D eigenvalue weighted by atomic mass is 10.3. The van der Waals surface area contributed by atoms with Crippen molar-refractivity contribution < 1.29 is 9.59 Å². The van der Waals surface area contributed by atoms with Crippen LogP contribution in [-0.2, 0) is 9.59 Å². The van der Waals surface area contributed by atoms with Gasteiger partial charge in [0.1, 0.15) is 0 Å². The van der Waals surface area contributed by atoms with Gasteiger partial charge in [-0.3, -0.25) is 9.59 Å². The van der Waals surface area contributed by atoms with Crippen molar-refractivity contribution in [2.24, 2.45) is 0 Å². The van der Waals surface area contributed by atoms with E-state index in [0.29, 0.717) is 25.6 Å². The third kappa shape index (κ3) is 8.06. The zero-order valence-electron chi connectivity index (χ0n) is 12.2. The van der Waals surface area contributed by atoms with Crippen LogP contribution in [0.5, 0.6) is 0 Å². The summed E-state index contributed by atoms with van der Waals surface area (Å²) in [4.78, 5) is 25.1. The number of carbonyl (C=O) groups is 2. The van der Waals surface area contributed by atoms with Gasteiger partial charge in [-0.25, -0.2) is 0 Å². The van der Waals surface area contributed by atoms with Gasteiger partial charge in [-0.2, -0.15) is 0 Å². The van der Waals surface area contributed by atoms with Crippen molar-refractivity contribution in [2.75, 3.05) is 19.6 Å². The van der Waals surface area contributed by atoms with Crippen LogP contribution in [0.25, 0.3) is 0 Å². The largest absolute Gasteiger partial charge is 0.352 e. The summed E-state index contributed by atoms with van der Waals surface area (Å²) >= 11 is 0. The molecule has 0 aliphatic rings. The number of nitrogens with one attached hydrogen (secondary N) is 2. The smallest absolute Gasteiger partial charge is 0.239 e. The van der Waals surface area contributed by atoms with E-state index in [1.54, 1.807) is 4.90 Å². The van der Waals surface area contributed by atoms with Crippen molar-refractivity contribution in [2.45, 2.75) is 53.1 Å². The molecule has 0 heterocycles. The van der Waals surface area contributed by atoms with Crippen LogP contribution in [0, 0.1) is 0 Å². The highest BCUT2D eigenvalue weighted by Crippen LogP contribution is 1.94. The van der Waals surface area contributed by atoms with E-state index in [0.717, 1.165) is 0 Å².